The van der Waals surface area contributed by atoms with Crippen LogP contribution in [0.15, 0.2) is 0 Å². The maximum absolute atomic E-state index is 11.1. The molecule has 4 heteroatoms. The van der Waals surface area contributed by atoms with Crippen molar-refractivity contribution in [3.8, 4) is 0 Å². The first-order valence-electron chi connectivity index (χ1n) is 4.05. The summed E-state index contributed by atoms with van der Waals surface area (Å²) in [5.74, 6) is -0.386. The Labute approximate surface area is 72.3 Å². The van der Waals surface area contributed by atoms with E-state index in [1.165, 1.54) is 6.41 Å². The average Bonchev–Trinajstić information content (AvgIpc) is 2.04. The summed E-state index contributed by atoms with van der Waals surface area (Å²) in [4.78, 5) is 21.0. The first-order chi connectivity index (χ1) is 5.76. The molecule has 1 amide bonds. The number of carbonyl (C=O) groups excluding carboxylic acids is 2. The fraction of sp³-hybridized carbons (Fsp3) is 0.750. The van der Waals surface area contributed by atoms with Crippen LogP contribution in [0.25, 0.3) is 0 Å². The first-order valence-corrected chi connectivity index (χ1v) is 4.05. The van der Waals surface area contributed by atoms with E-state index in [4.69, 9.17) is 4.74 Å². The van der Waals surface area contributed by atoms with Crippen LogP contribution in [-0.2, 0) is 14.3 Å². The molecule has 0 saturated carbocycles. The van der Waals surface area contributed by atoms with Gasteiger partial charge in [0.2, 0.25) is 0 Å². The zero-order valence-electron chi connectivity index (χ0n) is 7.42. The van der Waals surface area contributed by atoms with E-state index in [0.717, 1.165) is 6.42 Å². The summed E-state index contributed by atoms with van der Waals surface area (Å²) in [6.07, 6.45) is 2.90. The van der Waals surface area contributed by atoms with Gasteiger partial charge in [-0.05, 0) is 13.3 Å². The largest absolute Gasteiger partial charge is 0.464 e. The van der Waals surface area contributed by atoms with Gasteiger partial charge in [-0.1, -0.05) is 13.3 Å². The third-order valence-corrected chi connectivity index (χ3v) is 1.38. The molecule has 0 aromatic rings. The van der Waals surface area contributed by atoms with Crippen molar-refractivity contribution in [2.24, 2.45) is 0 Å². The molecule has 0 heterocycles. The minimum absolute atomic E-state index is 0.333. The lowest BCUT2D eigenvalue weighted by Crippen LogP contribution is -2.37. The highest BCUT2D eigenvalue weighted by Crippen LogP contribution is 1.98. The Morgan fingerprint density at radius 1 is 1.58 bits per heavy atom. The van der Waals surface area contributed by atoms with Crippen LogP contribution >= 0.6 is 0 Å². The summed E-state index contributed by atoms with van der Waals surface area (Å²) in [5, 5.41) is 2.29. The maximum Gasteiger partial charge on any atom is 0.328 e. The molecule has 0 saturated heterocycles. The normalized spacial score (nSPS) is 11.8. The molecular formula is C8H14NO3. The molecule has 0 rings (SSSR count). The van der Waals surface area contributed by atoms with Crippen LogP contribution in [-0.4, -0.2) is 25.0 Å². The Kier molecular flexibility index (Phi) is 6.05. The molecule has 1 radical (unpaired) electrons. The van der Waals surface area contributed by atoms with Crippen molar-refractivity contribution >= 4 is 12.4 Å². The van der Waals surface area contributed by atoms with Gasteiger partial charge >= 0.3 is 12.4 Å². The number of rotatable bonds is 6. The van der Waals surface area contributed by atoms with Crippen molar-refractivity contribution < 1.29 is 14.3 Å². The maximum atomic E-state index is 11.1. The van der Waals surface area contributed by atoms with Gasteiger partial charge in [0, 0.05) is 0 Å². The lowest BCUT2D eigenvalue weighted by molar-refractivity contribution is -0.145. The highest BCUT2D eigenvalue weighted by Gasteiger charge is 2.17. The van der Waals surface area contributed by atoms with Gasteiger partial charge in [0.1, 0.15) is 6.04 Å². The Morgan fingerprint density at radius 2 is 2.25 bits per heavy atom. The van der Waals surface area contributed by atoms with Gasteiger partial charge in [-0.3, -0.25) is 4.79 Å². The van der Waals surface area contributed by atoms with Gasteiger partial charge < -0.3 is 10.1 Å². The first kappa shape index (κ1) is 10.9. The third kappa shape index (κ3) is 3.95. The van der Waals surface area contributed by atoms with Gasteiger partial charge in [-0.2, -0.15) is 0 Å². The highest BCUT2D eigenvalue weighted by molar-refractivity contribution is 5.78. The standard InChI is InChI=1S/C8H14NO3/c1-3-5-7(9-6-10)8(11)12-4-2/h7H,3-5H2,1-2H3,(H,9,10). The fourth-order valence-corrected chi connectivity index (χ4v) is 0.852. The number of hydrogen-bond acceptors (Lipinski definition) is 3. The van der Waals surface area contributed by atoms with Crippen LogP contribution in [0.4, 0.5) is 0 Å². The van der Waals surface area contributed by atoms with Crippen molar-refractivity contribution in [1.82, 2.24) is 5.32 Å². The minimum atomic E-state index is -0.535. The van der Waals surface area contributed by atoms with Crippen LogP contribution in [0.3, 0.4) is 0 Å². The third-order valence-electron chi connectivity index (χ3n) is 1.38. The second kappa shape index (κ2) is 6.64. The molecule has 0 aromatic carbocycles. The Bertz CT molecular complexity index is 147. The second-order valence-electron chi connectivity index (χ2n) is 2.34. The average molecular weight is 172 g/mol. The highest BCUT2D eigenvalue weighted by atomic mass is 16.5. The fourth-order valence-electron chi connectivity index (χ4n) is 0.852. The molecule has 12 heavy (non-hydrogen) atoms. The van der Waals surface area contributed by atoms with Crippen LogP contribution in [0.2, 0.25) is 0 Å². The van der Waals surface area contributed by atoms with E-state index in [1.807, 2.05) is 6.92 Å². The Balaban J connectivity index is 3.89. The lowest BCUT2D eigenvalue weighted by Gasteiger charge is -2.12. The number of hydrogen-bond donors (Lipinski definition) is 1. The van der Waals surface area contributed by atoms with Gasteiger partial charge in [0.05, 0.1) is 6.61 Å². The predicted octanol–water partition coefficient (Wildman–Crippen LogP) is 0.375. The second-order valence-corrected chi connectivity index (χ2v) is 2.34. The molecular weight excluding hydrogens is 158 g/mol. The molecule has 0 spiro atoms. The predicted molar refractivity (Wildman–Crippen MR) is 44.2 cm³/mol. The number of amides is 1. The molecule has 1 N–H and O–H groups in total. The number of ether oxygens (including phenoxy) is 1. The van der Waals surface area contributed by atoms with E-state index in [0.29, 0.717) is 13.0 Å². The summed E-state index contributed by atoms with van der Waals surface area (Å²) in [6.45, 7) is 3.99. The van der Waals surface area contributed by atoms with E-state index < -0.39 is 6.04 Å². The van der Waals surface area contributed by atoms with Crippen LogP contribution < -0.4 is 5.32 Å². The van der Waals surface area contributed by atoms with Crippen LogP contribution in [0.5, 0.6) is 0 Å². The monoisotopic (exact) mass is 172 g/mol. The smallest absolute Gasteiger partial charge is 0.328 e. The number of nitrogens with one attached hydrogen (secondary N) is 1. The van der Waals surface area contributed by atoms with Crippen molar-refractivity contribution in [3.05, 3.63) is 0 Å². The zero-order valence-corrected chi connectivity index (χ0v) is 7.42. The van der Waals surface area contributed by atoms with Gasteiger partial charge in [0.15, 0.2) is 0 Å². The minimum Gasteiger partial charge on any atom is -0.464 e. The quantitative estimate of drug-likeness (QED) is 0.465. The van der Waals surface area contributed by atoms with E-state index in [-0.39, 0.29) is 5.97 Å². The molecule has 0 aromatic heterocycles. The van der Waals surface area contributed by atoms with E-state index in [1.54, 1.807) is 6.92 Å². The molecule has 1 atom stereocenters. The molecule has 69 valence electrons. The van der Waals surface area contributed by atoms with Crippen molar-refractivity contribution in [1.29, 1.82) is 0 Å². The molecule has 0 fully saturated rings. The molecule has 0 bridgehead atoms. The van der Waals surface area contributed by atoms with E-state index >= 15 is 0 Å². The van der Waals surface area contributed by atoms with Crippen LogP contribution in [0.1, 0.15) is 26.7 Å². The summed E-state index contributed by atoms with van der Waals surface area (Å²) < 4.78 is 4.73. The zero-order chi connectivity index (χ0) is 9.40. The van der Waals surface area contributed by atoms with E-state index in [2.05, 4.69) is 5.32 Å². The van der Waals surface area contributed by atoms with Gasteiger partial charge in [-0.15, -0.1) is 0 Å². The molecule has 1 unspecified atom stereocenters. The summed E-state index contributed by atoms with van der Waals surface area (Å²) in [6, 6.07) is -0.535. The van der Waals surface area contributed by atoms with Gasteiger partial charge in [0.25, 0.3) is 0 Å². The van der Waals surface area contributed by atoms with Crippen molar-refractivity contribution in [2.75, 3.05) is 6.61 Å². The Hall–Kier alpha value is -1.06. The molecule has 0 aliphatic heterocycles. The Morgan fingerprint density at radius 3 is 2.67 bits per heavy atom. The van der Waals surface area contributed by atoms with Crippen molar-refractivity contribution in [2.45, 2.75) is 32.7 Å². The van der Waals surface area contributed by atoms with Crippen molar-refractivity contribution in [3.63, 3.8) is 0 Å². The lowest BCUT2D eigenvalue weighted by atomic mass is 10.2. The summed E-state index contributed by atoms with van der Waals surface area (Å²) in [5.41, 5.74) is 0. The number of carbonyl (C=O) groups is 1. The topological polar surface area (TPSA) is 55.4 Å². The molecule has 4 nitrogen and oxygen atoms in total. The molecule has 0 aliphatic carbocycles. The summed E-state index contributed by atoms with van der Waals surface area (Å²) >= 11 is 0. The van der Waals surface area contributed by atoms with Crippen LogP contribution in [0, 0.1) is 0 Å². The number of esters is 1. The summed E-state index contributed by atoms with van der Waals surface area (Å²) in [7, 11) is 0. The SMILES string of the molecule is CCCC(N[C]=O)C(=O)OCC. The molecule has 0 aliphatic rings. The van der Waals surface area contributed by atoms with E-state index in [9.17, 15) is 9.59 Å². The van der Waals surface area contributed by atoms with Gasteiger partial charge in [-0.25, -0.2) is 4.79 Å².